The van der Waals surface area contributed by atoms with E-state index in [0.717, 1.165) is 24.1 Å². The molecule has 0 unspecified atom stereocenters. The van der Waals surface area contributed by atoms with Crippen LogP contribution in [0.4, 0.5) is 0 Å². The van der Waals surface area contributed by atoms with Crippen LogP contribution >= 0.6 is 0 Å². The number of ether oxygens (including phenoxy) is 1. The first-order valence-corrected chi connectivity index (χ1v) is 8.57. The van der Waals surface area contributed by atoms with E-state index in [0.29, 0.717) is 38.4 Å². The van der Waals surface area contributed by atoms with E-state index in [1.54, 1.807) is 4.31 Å². The van der Waals surface area contributed by atoms with Crippen LogP contribution in [0.3, 0.4) is 0 Å². The van der Waals surface area contributed by atoms with E-state index in [4.69, 9.17) is 4.74 Å². The zero-order chi connectivity index (χ0) is 14.2. The van der Waals surface area contributed by atoms with Crippen molar-refractivity contribution in [1.82, 2.24) is 14.3 Å². The predicted molar refractivity (Wildman–Crippen MR) is 74.1 cm³/mol. The fourth-order valence-electron chi connectivity index (χ4n) is 2.57. The smallest absolute Gasteiger partial charge is 0.219 e. The molecule has 110 valence electrons. The lowest BCUT2D eigenvalue weighted by molar-refractivity contribution is 0.321. The van der Waals surface area contributed by atoms with E-state index >= 15 is 0 Å². The van der Waals surface area contributed by atoms with Gasteiger partial charge in [0.1, 0.15) is 6.33 Å². The van der Waals surface area contributed by atoms with E-state index < -0.39 is 10.0 Å². The molecule has 0 bridgehead atoms. The van der Waals surface area contributed by atoms with Crippen molar-refractivity contribution in [3.63, 3.8) is 0 Å². The molecular formula is C13H19N3O3S. The zero-order valence-corrected chi connectivity index (χ0v) is 12.4. The van der Waals surface area contributed by atoms with Crippen molar-refractivity contribution < 1.29 is 13.2 Å². The molecule has 0 radical (unpaired) electrons. The molecule has 1 aromatic heterocycles. The van der Waals surface area contributed by atoms with E-state index in [1.165, 1.54) is 6.33 Å². The quantitative estimate of drug-likeness (QED) is 0.821. The average Bonchev–Trinajstić information content (AvgIpc) is 3.26. The summed E-state index contributed by atoms with van der Waals surface area (Å²) in [5.41, 5.74) is 1.87. The Bertz CT molecular complexity index is 599. The van der Waals surface area contributed by atoms with Crippen LogP contribution in [0, 0.1) is 0 Å². The van der Waals surface area contributed by atoms with E-state index in [9.17, 15) is 8.42 Å². The molecule has 0 spiro atoms. The normalized spacial score (nSPS) is 20.2. The van der Waals surface area contributed by atoms with Crippen molar-refractivity contribution in [2.75, 3.05) is 19.7 Å². The van der Waals surface area contributed by atoms with Crippen LogP contribution in [0.1, 0.15) is 31.0 Å². The first-order chi connectivity index (χ1) is 9.63. The number of fused-ring (bicyclic) bond motifs is 1. The van der Waals surface area contributed by atoms with Crippen LogP contribution in [0.15, 0.2) is 6.33 Å². The van der Waals surface area contributed by atoms with E-state index in [-0.39, 0.29) is 5.25 Å². The second-order valence-electron chi connectivity index (χ2n) is 5.18. The summed E-state index contributed by atoms with van der Waals surface area (Å²) in [5.74, 6) is 0.600. The Kier molecular flexibility index (Phi) is 3.64. The second-order valence-corrected chi connectivity index (χ2v) is 7.39. The Morgan fingerprint density at radius 1 is 1.30 bits per heavy atom. The molecule has 1 aromatic rings. The Morgan fingerprint density at radius 3 is 2.75 bits per heavy atom. The van der Waals surface area contributed by atoms with Gasteiger partial charge in [-0.1, -0.05) is 0 Å². The number of nitrogens with zero attached hydrogens (tertiary/aromatic N) is 3. The number of aromatic nitrogens is 2. The zero-order valence-electron chi connectivity index (χ0n) is 11.6. The molecule has 1 saturated carbocycles. The molecule has 2 aliphatic rings. The molecule has 0 amide bonds. The Morgan fingerprint density at radius 2 is 2.05 bits per heavy atom. The standard InChI is InChI=1S/C13H19N3O3S/c1-2-19-13-11-5-7-16(20(17,18)10-3-4-10)8-6-12(11)14-9-15-13/h9-10H,2-8H2,1H3. The van der Waals surface area contributed by atoms with E-state index in [1.807, 2.05) is 6.92 Å². The molecule has 1 aliphatic carbocycles. The molecule has 3 rings (SSSR count). The lowest BCUT2D eigenvalue weighted by Crippen LogP contribution is -2.35. The summed E-state index contributed by atoms with van der Waals surface area (Å²) in [5, 5.41) is -0.152. The number of hydrogen-bond acceptors (Lipinski definition) is 5. The summed E-state index contributed by atoms with van der Waals surface area (Å²) in [6, 6.07) is 0. The third kappa shape index (κ3) is 2.52. The van der Waals surface area contributed by atoms with Crippen LogP contribution in [0.2, 0.25) is 0 Å². The maximum absolute atomic E-state index is 12.3. The maximum Gasteiger partial charge on any atom is 0.219 e. The Hall–Kier alpha value is -1.21. The van der Waals surface area contributed by atoms with Gasteiger partial charge in [0.15, 0.2) is 0 Å². The Labute approximate surface area is 119 Å². The maximum atomic E-state index is 12.3. The first-order valence-electron chi connectivity index (χ1n) is 7.07. The van der Waals surface area contributed by atoms with Crippen LogP contribution in [-0.2, 0) is 22.9 Å². The highest BCUT2D eigenvalue weighted by molar-refractivity contribution is 7.90. The van der Waals surface area contributed by atoms with Crippen molar-refractivity contribution in [3.8, 4) is 5.88 Å². The van der Waals surface area contributed by atoms with Gasteiger partial charge in [0, 0.05) is 25.1 Å². The summed E-state index contributed by atoms with van der Waals surface area (Å²) in [7, 11) is -3.11. The highest BCUT2D eigenvalue weighted by atomic mass is 32.2. The molecule has 1 fully saturated rings. The van der Waals surface area contributed by atoms with Gasteiger partial charge < -0.3 is 4.74 Å². The molecule has 6 nitrogen and oxygen atoms in total. The lowest BCUT2D eigenvalue weighted by atomic mass is 10.1. The van der Waals surface area contributed by atoms with Crippen LogP contribution in [0.5, 0.6) is 5.88 Å². The SMILES string of the molecule is CCOc1ncnc2c1CCN(S(=O)(=O)C1CC1)CC2. The number of rotatable bonds is 4. The highest BCUT2D eigenvalue weighted by Gasteiger charge is 2.40. The van der Waals surface area contributed by atoms with Crippen molar-refractivity contribution in [2.24, 2.45) is 0 Å². The molecular weight excluding hydrogens is 278 g/mol. The first kappa shape index (κ1) is 13.8. The van der Waals surface area contributed by atoms with Crippen molar-refractivity contribution in [1.29, 1.82) is 0 Å². The lowest BCUT2D eigenvalue weighted by Gasteiger charge is -2.19. The van der Waals surface area contributed by atoms with Crippen LogP contribution < -0.4 is 4.74 Å². The predicted octanol–water partition coefficient (Wildman–Crippen LogP) is 0.768. The topological polar surface area (TPSA) is 72.4 Å². The van der Waals surface area contributed by atoms with Crippen molar-refractivity contribution in [3.05, 3.63) is 17.6 Å². The summed E-state index contributed by atoms with van der Waals surface area (Å²) < 4.78 is 31.8. The van der Waals surface area contributed by atoms with Gasteiger partial charge in [0.25, 0.3) is 0 Å². The van der Waals surface area contributed by atoms with Gasteiger partial charge >= 0.3 is 0 Å². The number of sulfonamides is 1. The molecule has 0 saturated heterocycles. The van der Waals surface area contributed by atoms with E-state index in [2.05, 4.69) is 9.97 Å². The summed E-state index contributed by atoms with van der Waals surface area (Å²) in [4.78, 5) is 8.44. The fourth-order valence-corrected chi connectivity index (χ4v) is 4.41. The molecule has 7 heteroatoms. The van der Waals surface area contributed by atoms with Crippen molar-refractivity contribution >= 4 is 10.0 Å². The van der Waals surface area contributed by atoms with Gasteiger partial charge in [-0.2, -0.15) is 0 Å². The number of hydrogen-bond donors (Lipinski definition) is 0. The average molecular weight is 297 g/mol. The molecule has 0 N–H and O–H groups in total. The summed E-state index contributed by atoms with van der Waals surface area (Å²) >= 11 is 0. The largest absolute Gasteiger partial charge is 0.478 e. The van der Waals surface area contributed by atoms with Crippen LogP contribution in [-0.4, -0.2) is 47.6 Å². The van der Waals surface area contributed by atoms with Crippen LogP contribution in [0.25, 0.3) is 0 Å². The van der Waals surface area contributed by atoms with Gasteiger partial charge in [-0.15, -0.1) is 0 Å². The molecule has 2 heterocycles. The van der Waals surface area contributed by atoms with Crippen molar-refractivity contribution in [2.45, 2.75) is 37.9 Å². The van der Waals surface area contributed by atoms with Gasteiger partial charge in [0.05, 0.1) is 17.6 Å². The monoisotopic (exact) mass is 297 g/mol. The van der Waals surface area contributed by atoms with Gasteiger partial charge in [0.2, 0.25) is 15.9 Å². The summed E-state index contributed by atoms with van der Waals surface area (Å²) in [6.45, 7) is 3.47. The molecule has 0 aromatic carbocycles. The third-order valence-electron chi connectivity index (χ3n) is 3.79. The summed E-state index contributed by atoms with van der Waals surface area (Å²) in [6.07, 6.45) is 4.35. The highest BCUT2D eigenvalue weighted by Crippen LogP contribution is 2.32. The van der Waals surface area contributed by atoms with Gasteiger partial charge in [-0.05, 0) is 26.2 Å². The third-order valence-corrected chi connectivity index (χ3v) is 6.19. The minimum atomic E-state index is -3.11. The van der Waals surface area contributed by atoms with Gasteiger partial charge in [-0.3, -0.25) is 0 Å². The minimum Gasteiger partial charge on any atom is -0.478 e. The minimum absolute atomic E-state index is 0.152. The Balaban J connectivity index is 1.83. The van der Waals surface area contributed by atoms with Gasteiger partial charge in [-0.25, -0.2) is 22.7 Å². The second kappa shape index (κ2) is 5.29. The fraction of sp³-hybridized carbons (Fsp3) is 0.692. The molecule has 1 aliphatic heterocycles. The molecule has 20 heavy (non-hydrogen) atoms. The molecule has 0 atom stereocenters.